The number of para-hydroxylation sites is 1. The Labute approximate surface area is 205 Å². The van der Waals surface area contributed by atoms with E-state index in [1.165, 1.54) is 0 Å². The second-order valence-corrected chi connectivity index (χ2v) is 14.2. The third kappa shape index (κ3) is 6.05. The van der Waals surface area contributed by atoms with Crippen LogP contribution < -0.4 is 10.6 Å². The molecule has 0 aliphatic carbocycles. The molecule has 6 heteroatoms. The molecule has 0 spiro atoms. The van der Waals surface area contributed by atoms with E-state index in [0.717, 1.165) is 46.0 Å². The van der Waals surface area contributed by atoms with Crippen molar-refractivity contribution in [3.63, 3.8) is 0 Å². The molecule has 34 heavy (non-hydrogen) atoms. The van der Waals surface area contributed by atoms with E-state index in [9.17, 15) is 14.9 Å². The third-order valence-electron chi connectivity index (χ3n) is 6.86. The molecule has 1 atom stereocenters. The highest BCUT2D eigenvalue weighted by Gasteiger charge is 2.50. The highest BCUT2D eigenvalue weighted by Crippen LogP contribution is 2.64. The number of aryl methyl sites for hydroxylation is 4. The maximum Gasteiger partial charge on any atom is 0.265 e. The van der Waals surface area contributed by atoms with Gasteiger partial charge in [-0.05, 0) is 81.8 Å². The van der Waals surface area contributed by atoms with Crippen LogP contribution in [0.1, 0.15) is 55.5 Å². The molecule has 182 valence electrons. The van der Waals surface area contributed by atoms with Gasteiger partial charge in [0.1, 0.15) is 6.16 Å². The summed E-state index contributed by atoms with van der Waals surface area (Å²) in [6, 6.07) is 11.8. The van der Waals surface area contributed by atoms with Gasteiger partial charge < -0.3 is 10.6 Å². The highest BCUT2D eigenvalue weighted by molar-refractivity contribution is 7.78. The van der Waals surface area contributed by atoms with Crippen LogP contribution in [0.25, 0.3) is 0 Å². The minimum absolute atomic E-state index is 0.0152. The molecule has 2 amide bonds. The summed E-state index contributed by atoms with van der Waals surface area (Å²) in [5.41, 5.74) is 5.80. The lowest BCUT2D eigenvalue weighted by atomic mass is 10.0. The first-order valence-corrected chi connectivity index (χ1v) is 14.4. The Morgan fingerprint density at radius 3 is 1.85 bits per heavy atom. The minimum atomic E-state index is -1.96. The summed E-state index contributed by atoms with van der Waals surface area (Å²) in [5, 5.41) is 15.6. The Morgan fingerprint density at radius 2 is 1.41 bits per heavy atom. The van der Waals surface area contributed by atoms with Gasteiger partial charge >= 0.3 is 0 Å². The topological polar surface area (TPSA) is 82.0 Å². The number of hydrogen-bond acceptors (Lipinski definition) is 3. The zero-order chi connectivity index (χ0) is 25.6. The van der Waals surface area contributed by atoms with Gasteiger partial charge in [-0.3, -0.25) is 9.59 Å². The van der Waals surface area contributed by atoms with Gasteiger partial charge in [0.15, 0.2) is 5.66 Å². The largest absolute Gasteiger partial charge is 0.322 e. The normalized spacial score (nSPS) is 12.2. The fraction of sp³-hybridized carbons (Fsp3) is 0.464. The molecule has 2 aromatic rings. The number of nitrogens with one attached hydrogen (secondary N) is 2. The van der Waals surface area contributed by atoms with Crippen molar-refractivity contribution < 1.29 is 9.59 Å². The standard InChI is InChI=1S/C28H38N3O2P/c1-9-34(10-2,17-24(32)30-25-19(5)12-11-13-20(25)6)27(18(3)4)28(33)31-26-21(7)14-23(16-29)15-22(26)8/h11-15,18,27H,9-10,17H2,1-8H3,(H-,30,31,32,33)/p+1. The molecule has 2 N–H and O–H groups in total. The number of rotatable bonds is 9. The van der Waals surface area contributed by atoms with E-state index < -0.39 is 7.26 Å². The van der Waals surface area contributed by atoms with Gasteiger partial charge in [-0.15, -0.1) is 0 Å². The number of hydrogen-bond donors (Lipinski definition) is 2. The maximum atomic E-state index is 13.7. The predicted octanol–water partition coefficient (Wildman–Crippen LogP) is 6.45. The first-order valence-electron chi connectivity index (χ1n) is 12.0. The van der Waals surface area contributed by atoms with Crippen LogP contribution in [-0.4, -0.2) is 36.0 Å². The van der Waals surface area contributed by atoms with Gasteiger partial charge in [0.25, 0.3) is 11.8 Å². The van der Waals surface area contributed by atoms with Crippen LogP contribution in [0.5, 0.6) is 0 Å². The summed E-state index contributed by atoms with van der Waals surface area (Å²) in [4.78, 5) is 27.0. The quantitative estimate of drug-likeness (QED) is 0.405. The summed E-state index contributed by atoms with van der Waals surface area (Å²) in [7, 11) is -1.96. The minimum Gasteiger partial charge on any atom is -0.322 e. The Hall–Kier alpha value is -2.70. The molecule has 5 nitrogen and oxygen atoms in total. The van der Waals surface area contributed by atoms with Crippen LogP contribution in [0, 0.1) is 44.9 Å². The highest BCUT2D eigenvalue weighted by atomic mass is 31.2. The molecule has 2 rings (SSSR count). The second kappa shape index (κ2) is 11.6. The lowest BCUT2D eigenvalue weighted by Gasteiger charge is -2.34. The van der Waals surface area contributed by atoms with Crippen LogP contribution in [0.4, 0.5) is 11.4 Å². The fourth-order valence-electron chi connectivity index (χ4n) is 5.02. The molecular formula is C28H39N3O2P+. The summed E-state index contributed by atoms with van der Waals surface area (Å²) in [6.45, 7) is 16.2. The Kier molecular flexibility index (Phi) is 9.42. The van der Waals surface area contributed by atoms with Crippen LogP contribution in [-0.2, 0) is 9.59 Å². The molecule has 0 radical (unpaired) electrons. The number of nitrogens with zero attached hydrogens (tertiary/aromatic N) is 1. The number of carbonyl (C=O) groups excluding carboxylic acids is 2. The van der Waals surface area contributed by atoms with Gasteiger partial charge in [0.2, 0.25) is 0 Å². The second-order valence-electron chi connectivity index (χ2n) is 9.60. The third-order valence-corrected chi connectivity index (χ3v) is 12.3. The first kappa shape index (κ1) is 27.5. The summed E-state index contributed by atoms with van der Waals surface area (Å²) < 4.78 is 0. The average molecular weight is 481 g/mol. The van der Waals surface area contributed by atoms with Crippen LogP contribution in [0.2, 0.25) is 0 Å². The molecule has 0 aromatic heterocycles. The van der Waals surface area contributed by atoms with Crippen molar-refractivity contribution in [2.24, 2.45) is 5.92 Å². The van der Waals surface area contributed by atoms with E-state index in [1.54, 1.807) is 12.1 Å². The van der Waals surface area contributed by atoms with E-state index in [4.69, 9.17) is 0 Å². The molecule has 2 aromatic carbocycles. The number of carbonyl (C=O) groups is 2. The first-order chi connectivity index (χ1) is 16.0. The van der Waals surface area contributed by atoms with E-state index in [0.29, 0.717) is 11.7 Å². The molecule has 0 saturated heterocycles. The van der Waals surface area contributed by atoms with Crippen molar-refractivity contribution in [1.82, 2.24) is 0 Å². The molecule has 0 aliphatic rings. The molecule has 0 saturated carbocycles. The predicted molar refractivity (Wildman–Crippen MR) is 145 cm³/mol. The van der Waals surface area contributed by atoms with E-state index in [1.807, 2.05) is 45.9 Å². The number of anilines is 2. The number of benzene rings is 2. The summed E-state index contributed by atoms with van der Waals surface area (Å²) in [5.74, 6) is 0.0571. The van der Waals surface area contributed by atoms with Gasteiger partial charge in [0.05, 0.1) is 24.0 Å². The zero-order valence-corrected chi connectivity index (χ0v) is 22.8. The fourth-order valence-corrected chi connectivity index (χ4v) is 9.38. The Bertz CT molecular complexity index is 1050. The van der Waals surface area contributed by atoms with E-state index >= 15 is 0 Å². The Balaban J connectivity index is 2.36. The molecule has 0 aliphatic heterocycles. The number of amides is 2. The smallest absolute Gasteiger partial charge is 0.265 e. The van der Waals surface area contributed by atoms with Gasteiger partial charge in [0, 0.05) is 18.6 Å². The van der Waals surface area contributed by atoms with E-state index in [2.05, 4.69) is 44.4 Å². The van der Waals surface area contributed by atoms with E-state index in [-0.39, 0.29) is 23.4 Å². The molecule has 1 unspecified atom stereocenters. The zero-order valence-electron chi connectivity index (χ0n) is 21.9. The van der Waals surface area contributed by atoms with Crippen molar-refractivity contribution in [2.45, 2.75) is 61.0 Å². The molecule has 0 fully saturated rings. The van der Waals surface area contributed by atoms with Crippen molar-refractivity contribution in [3.8, 4) is 6.07 Å². The number of nitriles is 1. The van der Waals surface area contributed by atoms with Crippen LogP contribution >= 0.6 is 7.26 Å². The van der Waals surface area contributed by atoms with Crippen molar-refractivity contribution in [2.75, 3.05) is 29.1 Å². The summed E-state index contributed by atoms with van der Waals surface area (Å²) in [6.07, 6.45) is 2.03. The monoisotopic (exact) mass is 480 g/mol. The van der Waals surface area contributed by atoms with Gasteiger partial charge in [-0.25, -0.2) is 0 Å². The maximum absolute atomic E-state index is 13.7. The van der Waals surface area contributed by atoms with Crippen molar-refractivity contribution in [1.29, 1.82) is 5.26 Å². The average Bonchev–Trinajstić information content (AvgIpc) is 2.77. The lowest BCUT2D eigenvalue weighted by molar-refractivity contribution is -0.116. The van der Waals surface area contributed by atoms with Crippen LogP contribution in [0.15, 0.2) is 30.3 Å². The lowest BCUT2D eigenvalue weighted by Crippen LogP contribution is -2.39. The Morgan fingerprint density at radius 1 is 0.912 bits per heavy atom. The van der Waals surface area contributed by atoms with Crippen LogP contribution in [0.3, 0.4) is 0 Å². The van der Waals surface area contributed by atoms with Crippen molar-refractivity contribution in [3.05, 3.63) is 58.1 Å². The molecule has 0 bridgehead atoms. The molecule has 0 heterocycles. The van der Waals surface area contributed by atoms with Crippen molar-refractivity contribution >= 4 is 30.5 Å². The SMILES string of the molecule is CC[P+](CC)(CC(=O)Nc1c(C)cccc1C)C(C(=O)Nc1c(C)cc(C#N)cc1C)C(C)C. The summed E-state index contributed by atoms with van der Waals surface area (Å²) >= 11 is 0. The van der Waals surface area contributed by atoms with Gasteiger partial charge in [-0.2, -0.15) is 5.26 Å². The van der Waals surface area contributed by atoms with Gasteiger partial charge in [-0.1, -0.05) is 32.0 Å². The molecular weight excluding hydrogens is 441 g/mol.